The first-order valence-electron chi connectivity index (χ1n) is 2.44. The number of hydrogen-bond acceptors (Lipinski definition) is 4. The van der Waals surface area contributed by atoms with Crippen molar-refractivity contribution in [2.45, 2.75) is 0 Å². The zero-order chi connectivity index (χ0) is 7.82. The van der Waals surface area contributed by atoms with Gasteiger partial charge in [0.15, 0.2) is 0 Å². The molecule has 0 unspecified atom stereocenters. The molecule has 0 N–H and O–H groups in total. The third-order valence-corrected chi connectivity index (χ3v) is 0.779. The highest BCUT2D eigenvalue weighted by molar-refractivity contribution is 8.59. The molecule has 0 aliphatic rings. The van der Waals surface area contributed by atoms with E-state index in [9.17, 15) is 0 Å². The summed E-state index contributed by atoms with van der Waals surface area (Å²) in [6.07, 6.45) is 1.60. The van der Waals surface area contributed by atoms with Crippen LogP contribution in [0.3, 0.4) is 0 Å². The summed E-state index contributed by atoms with van der Waals surface area (Å²) in [5.74, 6) is 0. The van der Waals surface area contributed by atoms with Crippen LogP contribution in [0.15, 0.2) is 24.4 Å². The van der Waals surface area contributed by atoms with Gasteiger partial charge in [0.25, 0.3) is 0 Å². The first-order valence-corrected chi connectivity index (χ1v) is 4.04. The highest BCUT2D eigenvalue weighted by Gasteiger charge is 1.81. The van der Waals surface area contributed by atoms with E-state index < -0.39 is 0 Å². The summed E-state index contributed by atoms with van der Waals surface area (Å²) < 4.78 is 0. The molecule has 4 heteroatoms. The van der Waals surface area contributed by atoms with E-state index in [2.05, 4.69) is 28.3 Å². The van der Waals surface area contributed by atoms with Crippen molar-refractivity contribution in [2.75, 3.05) is 0 Å². The zero-order valence-corrected chi connectivity index (χ0v) is 6.89. The Balaban J connectivity index is 0.000000371. The quantitative estimate of drug-likeness (QED) is 0.459. The largest absolute Gasteiger partial charge is 0.246 e. The number of rotatable bonds is 0. The van der Waals surface area contributed by atoms with Gasteiger partial charge in [-0.15, -0.1) is 23.3 Å². The maximum Gasteiger partial charge on any atom is 0.140 e. The molecule has 0 spiro atoms. The second-order valence-electron chi connectivity index (χ2n) is 1.33. The molecule has 52 valence electrons. The van der Waals surface area contributed by atoms with E-state index in [1.165, 1.54) is 0 Å². The van der Waals surface area contributed by atoms with Gasteiger partial charge >= 0.3 is 0 Å². The molecule has 0 aliphatic heterocycles. The van der Waals surface area contributed by atoms with Gasteiger partial charge in [0.2, 0.25) is 0 Å². The molecule has 1 aromatic heterocycles. The van der Waals surface area contributed by atoms with Crippen LogP contribution in [0, 0.1) is 11.3 Å². The zero-order valence-electron chi connectivity index (χ0n) is 5.10. The van der Waals surface area contributed by atoms with E-state index in [0.29, 0.717) is 5.69 Å². The van der Waals surface area contributed by atoms with Crippen LogP contribution in [0.2, 0.25) is 0 Å². The van der Waals surface area contributed by atoms with Crippen LogP contribution in [0.5, 0.6) is 0 Å². The molecule has 0 radical (unpaired) electrons. The highest BCUT2D eigenvalue weighted by Crippen LogP contribution is 1.86. The van der Waals surface area contributed by atoms with Crippen molar-refractivity contribution in [3.8, 4) is 6.07 Å². The summed E-state index contributed by atoms with van der Waals surface area (Å²) in [7, 11) is 0. The monoisotopic (exact) mass is 170 g/mol. The summed E-state index contributed by atoms with van der Waals surface area (Å²) in [5, 5.41) is 8.23. The van der Waals surface area contributed by atoms with Gasteiger partial charge in [-0.05, 0) is 12.1 Å². The standard InChI is InChI=1S/C6H4N2.H2S2/c7-5-6-3-1-2-4-8-6;1-2/h1-4H;1-2H. The normalized spacial score (nSPS) is 6.90. The number of aromatic nitrogens is 1. The lowest BCUT2D eigenvalue weighted by Crippen LogP contribution is -1.75. The lowest BCUT2D eigenvalue weighted by atomic mass is 10.4. The van der Waals surface area contributed by atoms with Crippen molar-refractivity contribution in [1.29, 1.82) is 5.26 Å². The van der Waals surface area contributed by atoms with Crippen LogP contribution in [0.25, 0.3) is 0 Å². The average Bonchev–Trinajstić information content (AvgIpc) is 2.10. The van der Waals surface area contributed by atoms with Crippen molar-refractivity contribution in [2.24, 2.45) is 0 Å². The molecule has 0 atom stereocenters. The Hall–Kier alpha value is -0.660. The van der Waals surface area contributed by atoms with Gasteiger partial charge in [0.05, 0.1) is 0 Å². The van der Waals surface area contributed by atoms with Gasteiger partial charge in [-0.2, -0.15) is 5.26 Å². The Kier molecular flexibility index (Phi) is 6.03. The fraction of sp³-hybridized carbons (Fsp3) is 0. The lowest BCUT2D eigenvalue weighted by Gasteiger charge is -1.79. The molecule has 0 aliphatic carbocycles. The number of hydrogen-bond donors (Lipinski definition) is 2. The minimum Gasteiger partial charge on any atom is -0.246 e. The third-order valence-electron chi connectivity index (χ3n) is 0.779. The van der Waals surface area contributed by atoms with Gasteiger partial charge in [0, 0.05) is 6.20 Å². The van der Waals surface area contributed by atoms with E-state index >= 15 is 0 Å². The van der Waals surface area contributed by atoms with E-state index in [-0.39, 0.29) is 0 Å². The molecule has 0 saturated carbocycles. The molecule has 0 saturated heterocycles. The second-order valence-corrected chi connectivity index (χ2v) is 1.33. The van der Waals surface area contributed by atoms with Crippen molar-refractivity contribution >= 4 is 23.3 Å². The maximum absolute atomic E-state index is 8.23. The van der Waals surface area contributed by atoms with Crippen LogP contribution in [0.1, 0.15) is 5.69 Å². The van der Waals surface area contributed by atoms with E-state index in [0.717, 1.165) is 0 Å². The molecule has 0 amide bonds. The highest BCUT2D eigenvalue weighted by atomic mass is 33.1. The molecule has 0 bridgehead atoms. The maximum atomic E-state index is 8.23. The molecule has 1 aromatic rings. The molecule has 10 heavy (non-hydrogen) atoms. The number of nitriles is 1. The Morgan fingerprint density at radius 3 is 2.40 bits per heavy atom. The summed E-state index contributed by atoms with van der Waals surface area (Å²) >= 11 is 6.44. The molecule has 1 rings (SSSR count). The first kappa shape index (κ1) is 9.34. The summed E-state index contributed by atoms with van der Waals surface area (Å²) in [6, 6.07) is 7.14. The lowest BCUT2D eigenvalue weighted by molar-refractivity contribution is 1.26. The van der Waals surface area contributed by atoms with Gasteiger partial charge in [-0.3, -0.25) is 0 Å². The van der Waals surface area contributed by atoms with Gasteiger partial charge < -0.3 is 0 Å². The Labute approximate surface area is 70.1 Å². The van der Waals surface area contributed by atoms with Crippen molar-refractivity contribution in [3.05, 3.63) is 30.1 Å². The van der Waals surface area contributed by atoms with Gasteiger partial charge in [0.1, 0.15) is 11.8 Å². The smallest absolute Gasteiger partial charge is 0.140 e. The SMILES string of the molecule is N#Cc1ccccn1.SS. The number of nitrogens with zero attached hydrogens (tertiary/aromatic N) is 2. The molecule has 1 heterocycles. The van der Waals surface area contributed by atoms with Crippen molar-refractivity contribution in [3.63, 3.8) is 0 Å². The van der Waals surface area contributed by atoms with Crippen LogP contribution in [0.4, 0.5) is 0 Å². The summed E-state index contributed by atoms with van der Waals surface area (Å²) in [5.41, 5.74) is 0.465. The fourth-order valence-corrected chi connectivity index (χ4v) is 0.429. The average molecular weight is 170 g/mol. The van der Waals surface area contributed by atoms with Gasteiger partial charge in [-0.25, -0.2) is 4.98 Å². The van der Waals surface area contributed by atoms with Crippen LogP contribution >= 0.6 is 23.3 Å². The molecule has 2 nitrogen and oxygen atoms in total. The van der Waals surface area contributed by atoms with Crippen LogP contribution in [-0.2, 0) is 0 Å². The number of thiol groups is 2. The fourth-order valence-electron chi connectivity index (χ4n) is 0.429. The van der Waals surface area contributed by atoms with Crippen LogP contribution < -0.4 is 0 Å². The Morgan fingerprint density at radius 1 is 1.40 bits per heavy atom. The minimum atomic E-state index is 0.465. The third kappa shape index (κ3) is 3.38. The number of pyridine rings is 1. The molecular weight excluding hydrogens is 164 g/mol. The van der Waals surface area contributed by atoms with E-state index in [1.807, 2.05) is 6.07 Å². The Bertz CT molecular complexity index is 205. The molecule has 0 aromatic carbocycles. The second kappa shape index (κ2) is 6.46. The first-order chi connectivity index (χ1) is 4.93. The van der Waals surface area contributed by atoms with E-state index in [4.69, 9.17) is 5.26 Å². The van der Waals surface area contributed by atoms with Crippen LogP contribution in [-0.4, -0.2) is 4.98 Å². The Morgan fingerprint density at radius 2 is 2.10 bits per heavy atom. The van der Waals surface area contributed by atoms with Gasteiger partial charge in [-0.1, -0.05) is 6.07 Å². The van der Waals surface area contributed by atoms with Crippen molar-refractivity contribution in [1.82, 2.24) is 4.98 Å². The van der Waals surface area contributed by atoms with E-state index in [1.54, 1.807) is 24.4 Å². The van der Waals surface area contributed by atoms with Crippen molar-refractivity contribution < 1.29 is 0 Å². The summed E-state index contributed by atoms with van der Waals surface area (Å²) in [6.45, 7) is 0. The topological polar surface area (TPSA) is 36.7 Å². The predicted octanol–water partition coefficient (Wildman–Crippen LogP) is 1.71. The molecular formula is C6H6N2S2. The molecule has 0 fully saturated rings. The summed E-state index contributed by atoms with van der Waals surface area (Å²) in [4.78, 5) is 3.74. The predicted molar refractivity (Wildman–Crippen MR) is 46.9 cm³/mol. The minimum absolute atomic E-state index is 0.465.